The van der Waals surface area contributed by atoms with Crippen molar-refractivity contribution in [3.05, 3.63) is 36.9 Å². The van der Waals surface area contributed by atoms with Crippen molar-refractivity contribution in [2.75, 3.05) is 11.4 Å². The lowest BCUT2D eigenvalue weighted by Gasteiger charge is -2.16. The number of oxazole rings is 1. The normalized spacial score (nSPS) is 18.5. The molecule has 20 heavy (non-hydrogen) atoms. The number of anilines is 1. The molecule has 0 aliphatic carbocycles. The summed E-state index contributed by atoms with van der Waals surface area (Å²) in [7, 11) is 0. The van der Waals surface area contributed by atoms with Crippen LogP contribution in [0.25, 0.3) is 11.3 Å². The number of nitrogens with two attached hydrogens (primary N) is 1. The van der Waals surface area contributed by atoms with Gasteiger partial charge in [0, 0.05) is 24.2 Å². The van der Waals surface area contributed by atoms with E-state index in [-0.39, 0.29) is 12.3 Å². The molecule has 1 unspecified atom stereocenters. The third kappa shape index (κ3) is 2.16. The van der Waals surface area contributed by atoms with Gasteiger partial charge < -0.3 is 15.1 Å². The molecule has 1 aliphatic rings. The Balaban J connectivity index is 1.90. The summed E-state index contributed by atoms with van der Waals surface area (Å²) in [6.45, 7) is 0.327. The minimum atomic E-state index is -0.438. The number of benzene rings is 1. The third-order valence-corrected chi connectivity index (χ3v) is 3.40. The molecule has 1 aromatic carbocycles. The van der Waals surface area contributed by atoms with E-state index in [1.54, 1.807) is 11.1 Å². The zero-order valence-electron chi connectivity index (χ0n) is 10.7. The van der Waals surface area contributed by atoms with Crippen LogP contribution < -0.4 is 10.6 Å². The van der Waals surface area contributed by atoms with Gasteiger partial charge in [-0.3, -0.25) is 9.59 Å². The van der Waals surface area contributed by atoms with Gasteiger partial charge >= 0.3 is 0 Å². The Hall–Kier alpha value is -2.63. The zero-order valence-corrected chi connectivity index (χ0v) is 10.7. The van der Waals surface area contributed by atoms with Gasteiger partial charge in [-0.2, -0.15) is 0 Å². The molecule has 2 heterocycles. The van der Waals surface area contributed by atoms with Gasteiger partial charge in [0.25, 0.3) is 0 Å². The number of aromatic nitrogens is 1. The van der Waals surface area contributed by atoms with Crippen LogP contribution in [0.1, 0.15) is 6.42 Å². The summed E-state index contributed by atoms with van der Waals surface area (Å²) in [4.78, 5) is 28.6. The fourth-order valence-corrected chi connectivity index (χ4v) is 2.33. The van der Waals surface area contributed by atoms with Crippen LogP contribution in [-0.2, 0) is 9.59 Å². The van der Waals surface area contributed by atoms with Gasteiger partial charge in [0.2, 0.25) is 11.8 Å². The Morgan fingerprint density at radius 3 is 2.95 bits per heavy atom. The van der Waals surface area contributed by atoms with Gasteiger partial charge in [0.15, 0.2) is 12.2 Å². The quantitative estimate of drug-likeness (QED) is 0.907. The van der Waals surface area contributed by atoms with E-state index in [0.717, 1.165) is 11.3 Å². The molecule has 1 fully saturated rings. The third-order valence-electron chi connectivity index (χ3n) is 3.40. The summed E-state index contributed by atoms with van der Waals surface area (Å²) in [5, 5.41) is 0. The van der Waals surface area contributed by atoms with Gasteiger partial charge in [-0.25, -0.2) is 4.98 Å². The first-order chi connectivity index (χ1) is 9.65. The van der Waals surface area contributed by atoms with Gasteiger partial charge in [-0.1, -0.05) is 12.1 Å². The molecule has 102 valence electrons. The van der Waals surface area contributed by atoms with Crippen LogP contribution in [0.5, 0.6) is 0 Å². The average molecular weight is 271 g/mol. The van der Waals surface area contributed by atoms with E-state index < -0.39 is 11.8 Å². The van der Waals surface area contributed by atoms with Crippen LogP contribution in [0.4, 0.5) is 5.69 Å². The van der Waals surface area contributed by atoms with Crippen molar-refractivity contribution in [2.45, 2.75) is 6.42 Å². The predicted molar refractivity (Wildman–Crippen MR) is 71.6 cm³/mol. The highest BCUT2D eigenvalue weighted by molar-refractivity contribution is 6.00. The molecule has 1 aliphatic heterocycles. The van der Waals surface area contributed by atoms with Crippen LogP contribution in [0, 0.1) is 5.92 Å². The lowest BCUT2D eigenvalue weighted by molar-refractivity contribution is -0.123. The summed E-state index contributed by atoms with van der Waals surface area (Å²) in [6, 6.07) is 7.36. The van der Waals surface area contributed by atoms with Crippen molar-refractivity contribution >= 4 is 17.5 Å². The second kappa shape index (κ2) is 4.80. The predicted octanol–water partition coefficient (Wildman–Crippen LogP) is 1.18. The average Bonchev–Trinajstić information content (AvgIpc) is 3.08. The van der Waals surface area contributed by atoms with Crippen LogP contribution in [0.3, 0.4) is 0 Å². The standard InChI is InChI=1S/C14H13N3O3/c15-14(19)10-5-13(18)17(7-10)11-3-1-2-9(4-11)12-6-16-8-20-12/h1-4,6,8,10H,5,7H2,(H2,15,19). The smallest absolute Gasteiger partial charge is 0.227 e. The largest absolute Gasteiger partial charge is 0.444 e. The highest BCUT2D eigenvalue weighted by Gasteiger charge is 2.33. The second-order valence-corrected chi connectivity index (χ2v) is 4.72. The topological polar surface area (TPSA) is 89.4 Å². The van der Waals surface area contributed by atoms with Crippen molar-refractivity contribution in [2.24, 2.45) is 11.7 Å². The number of nitrogens with zero attached hydrogens (tertiary/aromatic N) is 2. The zero-order chi connectivity index (χ0) is 14.1. The molecule has 0 spiro atoms. The molecular formula is C14H13N3O3. The molecule has 1 aromatic heterocycles. The summed E-state index contributed by atoms with van der Waals surface area (Å²) in [5.74, 6) is -0.322. The van der Waals surface area contributed by atoms with Crippen LogP contribution in [0.2, 0.25) is 0 Å². The van der Waals surface area contributed by atoms with E-state index in [2.05, 4.69) is 4.98 Å². The van der Waals surface area contributed by atoms with E-state index in [9.17, 15) is 9.59 Å². The highest BCUT2D eigenvalue weighted by atomic mass is 16.3. The molecule has 0 saturated carbocycles. The fraction of sp³-hybridized carbons (Fsp3) is 0.214. The van der Waals surface area contributed by atoms with Gasteiger partial charge in [-0.05, 0) is 12.1 Å². The van der Waals surface area contributed by atoms with Gasteiger partial charge in [-0.15, -0.1) is 0 Å². The fourth-order valence-electron chi connectivity index (χ4n) is 2.33. The molecule has 1 atom stereocenters. The summed E-state index contributed by atoms with van der Waals surface area (Å²) >= 11 is 0. The van der Waals surface area contributed by atoms with E-state index in [4.69, 9.17) is 10.2 Å². The Morgan fingerprint density at radius 2 is 2.30 bits per heavy atom. The number of primary amides is 1. The Labute approximate surface area is 115 Å². The number of amides is 2. The number of hydrogen-bond donors (Lipinski definition) is 1. The number of carbonyl (C=O) groups is 2. The molecule has 1 saturated heterocycles. The summed E-state index contributed by atoms with van der Waals surface area (Å²) in [5.41, 5.74) is 6.82. The van der Waals surface area contributed by atoms with Crippen molar-refractivity contribution in [1.82, 2.24) is 4.98 Å². The Morgan fingerprint density at radius 1 is 1.45 bits per heavy atom. The highest BCUT2D eigenvalue weighted by Crippen LogP contribution is 2.29. The van der Waals surface area contributed by atoms with Gasteiger partial charge in [0.1, 0.15) is 0 Å². The van der Waals surface area contributed by atoms with E-state index in [1.165, 1.54) is 6.39 Å². The van der Waals surface area contributed by atoms with E-state index in [1.807, 2.05) is 24.3 Å². The molecule has 0 radical (unpaired) electrons. The van der Waals surface area contributed by atoms with Crippen molar-refractivity contribution in [3.8, 4) is 11.3 Å². The van der Waals surface area contributed by atoms with Crippen LogP contribution in [-0.4, -0.2) is 23.3 Å². The maximum Gasteiger partial charge on any atom is 0.227 e. The Bertz CT molecular complexity index is 651. The minimum Gasteiger partial charge on any atom is -0.444 e. The maximum atomic E-state index is 12.0. The molecule has 2 N–H and O–H groups in total. The first kappa shape index (κ1) is 12.4. The molecule has 3 rings (SSSR count). The molecule has 0 bridgehead atoms. The lowest BCUT2D eigenvalue weighted by atomic mass is 10.1. The van der Waals surface area contributed by atoms with E-state index >= 15 is 0 Å². The number of rotatable bonds is 3. The van der Waals surface area contributed by atoms with Crippen molar-refractivity contribution < 1.29 is 14.0 Å². The maximum absolute atomic E-state index is 12.0. The van der Waals surface area contributed by atoms with Crippen molar-refractivity contribution in [1.29, 1.82) is 0 Å². The first-order valence-electron chi connectivity index (χ1n) is 6.24. The molecule has 6 heteroatoms. The second-order valence-electron chi connectivity index (χ2n) is 4.72. The number of carbonyl (C=O) groups excluding carboxylic acids is 2. The van der Waals surface area contributed by atoms with Crippen LogP contribution in [0.15, 0.2) is 41.3 Å². The SMILES string of the molecule is NC(=O)C1CC(=O)N(c2cccc(-c3cnco3)c2)C1. The van der Waals surface area contributed by atoms with Crippen molar-refractivity contribution in [3.63, 3.8) is 0 Å². The lowest BCUT2D eigenvalue weighted by Crippen LogP contribution is -2.28. The van der Waals surface area contributed by atoms with Crippen LogP contribution >= 0.6 is 0 Å². The van der Waals surface area contributed by atoms with Gasteiger partial charge in [0.05, 0.1) is 12.1 Å². The molecule has 2 aromatic rings. The monoisotopic (exact) mass is 271 g/mol. The first-order valence-corrected chi connectivity index (χ1v) is 6.24. The molecule has 6 nitrogen and oxygen atoms in total. The number of hydrogen-bond acceptors (Lipinski definition) is 4. The summed E-state index contributed by atoms with van der Waals surface area (Å²) in [6.07, 6.45) is 3.13. The minimum absolute atomic E-state index is 0.0940. The molecule has 2 amide bonds. The van der Waals surface area contributed by atoms with E-state index in [0.29, 0.717) is 12.3 Å². The summed E-state index contributed by atoms with van der Waals surface area (Å²) < 4.78 is 5.23. The molecular weight excluding hydrogens is 258 g/mol. The Kier molecular flexibility index (Phi) is 2.98.